The third kappa shape index (κ3) is 6.97. The van der Waals surface area contributed by atoms with Crippen LogP contribution in [0.5, 0.6) is 11.5 Å². The summed E-state index contributed by atoms with van der Waals surface area (Å²) in [5.74, 6) is -1.05. The fourth-order valence-corrected chi connectivity index (χ4v) is 2.51. The molecule has 0 radical (unpaired) electrons. The number of carboxylic acid groups (broad SMARTS) is 1. The summed E-state index contributed by atoms with van der Waals surface area (Å²) in [5, 5.41) is 13.3. The van der Waals surface area contributed by atoms with Crippen molar-refractivity contribution in [1.29, 1.82) is 0 Å². The molecule has 7 nitrogen and oxygen atoms in total. The van der Waals surface area contributed by atoms with Crippen molar-refractivity contribution in [3.63, 3.8) is 0 Å². The van der Waals surface area contributed by atoms with E-state index in [0.717, 1.165) is 0 Å². The number of amides is 1. The fourth-order valence-electron chi connectivity index (χ4n) is 1.80. The minimum Gasteiger partial charge on any atom is -0.482 e. The maximum Gasteiger partial charge on any atom is 0.341 e. The van der Waals surface area contributed by atoms with E-state index < -0.39 is 18.5 Å². The highest BCUT2D eigenvalue weighted by atomic mass is 35.5. The number of carbonyl (C=O) groups excluding carboxylic acids is 1. The molecular formula is C17H13Cl3N2O5. The first kappa shape index (κ1) is 20.8. The molecule has 0 spiro atoms. The van der Waals surface area contributed by atoms with Crippen LogP contribution in [0.15, 0.2) is 41.5 Å². The van der Waals surface area contributed by atoms with Gasteiger partial charge < -0.3 is 14.6 Å². The standard InChI is InChI=1S/C17H13Cl3N2O5/c18-11-2-4-15(13(20)6-11)26-8-16(23)22-21-7-10-1-3-14(12(19)5-10)27-9-17(24)25/h1-7H,8-9H2,(H,22,23)(H,24,25)/b21-7+. The van der Waals surface area contributed by atoms with E-state index in [1.54, 1.807) is 18.2 Å². The minimum absolute atomic E-state index is 0.215. The summed E-state index contributed by atoms with van der Waals surface area (Å²) in [7, 11) is 0. The second-order valence-corrected chi connectivity index (χ2v) is 6.28. The molecule has 0 aliphatic carbocycles. The Morgan fingerprint density at radius 2 is 1.63 bits per heavy atom. The number of hydrazone groups is 1. The Morgan fingerprint density at radius 3 is 2.26 bits per heavy atom. The number of carbonyl (C=O) groups is 2. The van der Waals surface area contributed by atoms with Crippen LogP contribution in [0.1, 0.15) is 5.56 Å². The number of benzene rings is 2. The predicted molar refractivity (Wildman–Crippen MR) is 102 cm³/mol. The molecule has 0 saturated heterocycles. The summed E-state index contributed by atoms with van der Waals surface area (Å²) in [4.78, 5) is 22.2. The first-order chi connectivity index (χ1) is 12.8. The summed E-state index contributed by atoms with van der Waals surface area (Å²) in [5.41, 5.74) is 2.86. The molecule has 2 aromatic rings. The van der Waals surface area contributed by atoms with Gasteiger partial charge in [-0.15, -0.1) is 0 Å². The molecule has 27 heavy (non-hydrogen) atoms. The third-order valence-electron chi connectivity index (χ3n) is 2.96. The molecule has 0 aliphatic rings. The Labute approximate surface area is 169 Å². The lowest BCUT2D eigenvalue weighted by molar-refractivity contribution is -0.139. The number of nitrogens with one attached hydrogen (secondary N) is 1. The topological polar surface area (TPSA) is 97.2 Å². The molecule has 10 heteroatoms. The van der Waals surface area contributed by atoms with Crippen LogP contribution >= 0.6 is 34.8 Å². The molecular weight excluding hydrogens is 419 g/mol. The second kappa shape index (κ2) is 10.0. The Kier molecular flexibility index (Phi) is 7.72. The first-order valence-electron chi connectivity index (χ1n) is 7.39. The molecule has 2 aromatic carbocycles. The molecule has 142 valence electrons. The maximum atomic E-state index is 11.7. The molecule has 0 saturated carbocycles. The number of hydrogen-bond acceptors (Lipinski definition) is 5. The molecule has 0 aliphatic heterocycles. The van der Waals surface area contributed by atoms with Crippen LogP contribution in [-0.2, 0) is 9.59 Å². The lowest BCUT2D eigenvalue weighted by Gasteiger charge is -2.07. The molecule has 0 fully saturated rings. The zero-order chi connectivity index (χ0) is 19.8. The second-order valence-electron chi connectivity index (χ2n) is 5.03. The van der Waals surface area contributed by atoms with E-state index in [2.05, 4.69) is 10.5 Å². The van der Waals surface area contributed by atoms with Gasteiger partial charge in [-0.05, 0) is 42.0 Å². The van der Waals surface area contributed by atoms with Crippen LogP contribution in [0.4, 0.5) is 0 Å². The summed E-state index contributed by atoms with van der Waals surface area (Å²) < 4.78 is 10.3. The molecule has 0 aromatic heterocycles. The van der Waals surface area contributed by atoms with Crippen molar-refractivity contribution in [2.24, 2.45) is 5.10 Å². The van der Waals surface area contributed by atoms with Gasteiger partial charge in [0.2, 0.25) is 0 Å². The van der Waals surface area contributed by atoms with Gasteiger partial charge in [-0.25, -0.2) is 10.2 Å². The van der Waals surface area contributed by atoms with E-state index in [0.29, 0.717) is 21.4 Å². The van der Waals surface area contributed by atoms with Crippen LogP contribution in [0.3, 0.4) is 0 Å². The SMILES string of the molecule is O=C(O)COc1ccc(/C=N/NC(=O)COc2ccc(Cl)cc2Cl)cc1Cl. The van der Waals surface area contributed by atoms with Crippen LogP contribution in [0, 0.1) is 0 Å². The summed E-state index contributed by atoms with van der Waals surface area (Å²) in [6.45, 7) is -0.789. The number of ether oxygens (including phenoxy) is 2. The molecule has 0 heterocycles. The first-order valence-corrected chi connectivity index (χ1v) is 8.52. The maximum absolute atomic E-state index is 11.7. The summed E-state index contributed by atoms with van der Waals surface area (Å²) >= 11 is 17.7. The molecule has 0 bridgehead atoms. The van der Waals surface area contributed by atoms with E-state index in [4.69, 9.17) is 49.4 Å². The number of nitrogens with zero attached hydrogens (tertiary/aromatic N) is 1. The van der Waals surface area contributed by atoms with Gasteiger partial charge in [0.05, 0.1) is 16.3 Å². The van der Waals surface area contributed by atoms with E-state index in [1.807, 2.05) is 0 Å². The van der Waals surface area contributed by atoms with Gasteiger partial charge in [-0.2, -0.15) is 5.10 Å². The lowest BCUT2D eigenvalue weighted by atomic mass is 10.2. The zero-order valence-corrected chi connectivity index (χ0v) is 15.9. The molecule has 2 N–H and O–H groups in total. The van der Waals surface area contributed by atoms with E-state index in [1.165, 1.54) is 24.4 Å². The highest BCUT2D eigenvalue weighted by Gasteiger charge is 2.07. The number of hydrogen-bond donors (Lipinski definition) is 2. The number of rotatable bonds is 8. The lowest BCUT2D eigenvalue weighted by Crippen LogP contribution is -2.24. The quantitative estimate of drug-likeness (QED) is 0.491. The van der Waals surface area contributed by atoms with Gasteiger partial charge in [0.1, 0.15) is 11.5 Å². The molecule has 2 rings (SSSR count). The van der Waals surface area contributed by atoms with Crippen molar-refractivity contribution >= 4 is 52.9 Å². The normalized spacial score (nSPS) is 10.6. The Bertz CT molecular complexity index is 874. The Balaban J connectivity index is 1.84. The number of aliphatic carboxylic acids is 1. The monoisotopic (exact) mass is 430 g/mol. The highest BCUT2D eigenvalue weighted by Crippen LogP contribution is 2.27. The van der Waals surface area contributed by atoms with Gasteiger partial charge in [0, 0.05) is 5.02 Å². The number of carboxylic acids is 1. The van der Waals surface area contributed by atoms with Crippen molar-refractivity contribution in [2.75, 3.05) is 13.2 Å². The molecule has 0 unspecified atom stereocenters. The highest BCUT2D eigenvalue weighted by molar-refractivity contribution is 6.35. The van der Waals surface area contributed by atoms with Crippen molar-refractivity contribution in [2.45, 2.75) is 0 Å². The van der Waals surface area contributed by atoms with Crippen molar-refractivity contribution < 1.29 is 24.2 Å². The van der Waals surface area contributed by atoms with Crippen molar-refractivity contribution in [3.8, 4) is 11.5 Å². The van der Waals surface area contributed by atoms with Crippen LogP contribution in [0.25, 0.3) is 0 Å². The van der Waals surface area contributed by atoms with Gasteiger partial charge in [0.15, 0.2) is 13.2 Å². The largest absolute Gasteiger partial charge is 0.482 e. The average Bonchev–Trinajstić information content (AvgIpc) is 2.60. The van der Waals surface area contributed by atoms with Gasteiger partial charge >= 0.3 is 5.97 Å². The fraction of sp³-hybridized carbons (Fsp3) is 0.118. The van der Waals surface area contributed by atoms with Crippen LogP contribution in [-0.4, -0.2) is 36.4 Å². The number of halogens is 3. The van der Waals surface area contributed by atoms with Gasteiger partial charge in [-0.1, -0.05) is 34.8 Å². The molecule has 1 amide bonds. The smallest absolute Gasteiger partial charge is 0.341 e. The van der Waals surface area contributed by atoms with Gasteiger partial charge in [0.25, 0.3) is 5.91 Å². The van der Waals surface area contributed by atoms with Crippen molar-refractivity contribution in [3.05, 3.63) is 57.0 Å². The van der Waals surface area contributed by atoms with E-state index >= 15 is 0 Å². The summed E-state index contributed by atoms with van der Waals surface area (Å²) in [6.07, 6.45) is 1.36. The third-order valence-corrected chi connectivity index (χ3v) is 3.79. The summed E-state index contributed by atoms with van der Waals surface area (Å²) in [6, 6.07) is 9.26. The van der Waals surface area contributed by atoms with Crippen LogP contribution < -0.4 is 14.9 Å². The van der Waals surface area contributed by atoms with E-state index in [9.17, 15) is 9.59 Å². The van der Waals surface area contributed by atoms with E-state index in [-0.39, 0.29) is 17.4 Å². The van der Waals surface area contributed by atoms with Crippen LogP contribution in [0.2, 0.25) is 15.1 Å². The Morgan fingerprint density at radius 1 is 1.00 bits per heavy atom. The predicted octanol–water partition coefficient (Wildman–Crippen LogP) is 3.64. The minimum atomic E-state index is -1.11. The van der Waals surface area contributed by atoms with Crippen molar-refractivity contribution in [1.82, 2.24) is 5.43 Å². The molecule has 0 atom stereocenters. The zero-order valence-electron chi connectivity index (χ0n) is 13.6. The Hall–Kier alpha value is -2.48. The average molecular weight is 432 g/mol. The van der Waals surface area contributed by atoms with Gasteiger partial charge in [-0.3, -0.25) is 4.79 Å².